The summed E-state index contributed by atoms with van der Waals surface area (Å²) in [7, 11) is -4.76. The molecule has 0 aromatic carbocycles. The minimum Gasteiger partial charge on any atom is -0.390 e. The van der Waals surface area contributed by atoms with Gasteiger partial charge in [-0.25, -0.2) is 9.36 Å². The molecule has 0 spiro atoms. The summed E-state index contributed by atoms with van der Waals surface area (Å²) in [6.45, 7) is 0.205. The molecule has 14 nitrogen and oxygen atoms in total. The number of rotatable bonds is 15. The summed E-state index contributed by atoms with van der Waals surface area (Å²) >= 11 is 0. The first-order chi connectivity index (χ1) is 16.6. The minimum absolute atomic E-state index is 0.0616. The molecule has 3 unspecified atom stereocenters. The Kier molecular flexibility index (Phi) is 11.5. The van der Waals surface area contributed by atoms with Gasteiger partial charge >= 0.3 is 13.5 Å². The summed E-state index contributed by atoms with van der Waals surface area (Å²) in [5.41, 5.74) is -1.33. The fraction of sp³-hybridized carbons (Fsp3) is 0.600. The first kappa shape index (κ1) is 28.6. The maximum Gasteiger partial charge on any atom is 0.469 e. The zero-order chi connectivity index (χ0) is 25.8. The summed E-state index contributed by atoms with van der Waals surface area (Å²) in [5.74, 6) is -0.142. The summed E-state index contributed by atoms with van der Waals surface area (Å²) in [5, 5.41) is 15.3. The number of phosphoric ester groups is 1. The molecule has 196 valence electrons. The number of phosphoric acid groups is 1. The van der Waals surface area contributed by atoms with Crippen molar-refractivity contribution in [3.05, 3.63) is 38.7 Å². The van der Waals surface area contributed by atoms with E-state index in [2.05, 4.69) is 20.1 Å². The van der Waals surface area contributed by atoms with Crippen LogP contribution in [0, 0.1) is 0 Å². The fourth-order valence-corrected chi connectivity index (χ4v) is 3.75. The molecular weight excluding hydrogens is 487 g/mol. The standard InChI is InChI=1S/C20H31N4O10P/c25-13-21-8-4-2-1-3-7-17(27)22-9-5-6-14-11-24(20(29)23-19(14)28)18-10-15(26)16(34-18)12-33-35(30,31)32/h5-6,11,13,15-16,18,26H,1-4,7-10,12H2,(H,21,25)(H,22,27)(H,23,28,29)(H2,30,31,32)/b6-5+. The smallest absolute Gasteiger partial charge is 0.390 e. The van der Waals surface area contributed by atoms with Gasteiger partial charge in [0.05, 0.1) is 18.3 Å². The SMILES string of the molecule is O=CNCCCCCCC(=O)NC/C=C/c1cn(C2CC(O)C(COP(=O)(O)O)O2)c(=O)[nH]c1=O. The van der Waals surface area contributed by atoms with E-state index in [1.54, 1.807) is 6.08 Å². The first-order valence-corrected chi connectivity index (χ1v) is 12.6. The van der Waals surface area contributed by atoms with E-state index in [4.69, 9.17) is 14.5 Å². The van der Waals surface area contributed by atoms with E-state index >= 15 is 0 Å². The van der Waals surface area contributed by atoms with Crippen LogP contribution in [0.2, 0.25) is 0 Å². The number of amides is 2. The number of aromatic amines is 1. The van der Waals surface area contributed by atoms with Gasteiger partial charge in [-0.15, -0.1) is 0 Å². The normalized spacial score (nSPS) is 20.3. The molecule has 1 aromatic heterocycles. The Morgan fingerprint density at radius 2 is 2.03 bits per heavy atom. The van der Waals surface area contributed by atoms with Crippen molar-refractivity contribution in [3.8, 4) is 0 Å². The Morgan fingerprint density at radius 3 is 2.74 bits per heavy atom. The highest BCUT2D eigenvalue weighted by atomic mass is 31.2. The van der Waals surface area contributed by atoms with Crippen LogP contribution in [0.1, 0.15) is 50.3 Å². The summed E-state index contributed by atoms with van der Waals surface area (Å²) < 4.78 is 21.8. The van der Waals surface area contributed by atoms with Crippen LogP contribution >= 0.6 is 7.82 Å². The monoisotopic (exact) mass is 518 g/mol. The molecule has 1 aliphatic rings. The zero-order valence-electron chi connectivity index (χ0n) is 19.0. The lowest BCUT2D eigenvalue weighted by Gasteiger charge is -2.16. The third kappa shape index (κ3) is 10.3. The Labute approximate surface area is 200 Å². The molecular formula is C20H31N4O10P. The molecule has 1 fully saturated rings. The van der Waals surface area contributed by atoms with Crippen LogP contribution in [0.3, 0.4) is 0 Å². The Balaban J connectivity index is 1.85. The number of hydrogen-bond donors (Lipinski definition) is 6. The topological polar surface area (TPSA) is 209 Å². The molecule has 1 saturated heterocycles. The Bertz CT molecular complexity index is 1030. The molecule has 0 saturated carbocycles. The highest BCUT2D eigenvalue weighted by Gasteiger charge is 2.37. The highest BCUT2D eigenvalue weighted by molar-refractivity contribution is 7.46. The predicted molar refractivity (Wildman–Crippen MR) is 123 cm³/mol. The van der Waals surface area contributed by atoms with Crippen LogP contribution in [-0.2, 0) is 23.4 Å². The molecule has 1 aliphatic heterocycles. The van der Waals surface area contributed by atoms with Crippen molar-refractivity contribution in [3.63, 3.8) is 0 Å². The largest absolute Gasteiger partial charge is 0.469 e. The number of hydrogen-bond acceptors (Lipinski definition) is 8. The number of H-pyrrole nitrogens is 1. The zero-order valence-corrected chi connectivity index (χ0v) is 19.9. The van der Waals surface area contributed by atoms with Gasteiger partial charge in [0, 0.05) is 32.1 Å². The van der Waals surface area contributed by atoms with Gasteiger partial charge in [0.15, 0.2) is 0 Å². The van der Waals surface area contributed by atoms with Gasteiger partial charge in [0.25, 0.3) is 5.56 Å². The van der Waals surface area contributed by atoms with E-state index in [9.17, 15) is 28.8 Å². The highest BCUT2D eigenvalue weighted by Crippen LogP contribution is 2.38. The third-order valence-corrected chi connectivity index (χ3v) is 5.67. The molecule has 2 heterocycles. The van der Waals surface area contributed by atoms with Gasteiger partial charge < -0.3 is 30.3 Å². The van der Waals surface area contributed by atoms with Gasteiger partial charge in [-0.1, -0.05) is 25.0 Å². The number of carbonyl (C=O) groups is 2. The number of nitrogens with zero attached hydrogens (tertiary/aromatic N) is 1. The predicted octanol–water partition coefficient (Wildman–Crippen LogP) is -0.880. The Morgan fingerprint density at radius 1 is 1.29 bits per heavy atom. The van der Waals surface area contributed by atoms with Crippen molar-refractivity contribution in [2.24, 2.45) is 0 Å². The summed E-state index contributed by atoms with van der Waals surface area (Å²) in [6, 6.07) is 0. The second-order valence-electron chi connectivity index (χ2n) is 7.91. The number of aliphatic hydroxyl groups excluding tert-OH is 1. The average molecular weight is 518 g/mol. The summed E-state index contributed by atoms with van der Waals surface area (Å²) in [4.78, 5) is 66.1. The number of carbonyl (C=O) groups excluding carboxylic acids is 2. The second-order valence-corrected chi connectivity index (χ2v) is 9.15. The van der Waals surface area contributed by atoms with Crippen LogP contribution in [0.25, 0.3) is 6.08 Å². The van der Waals surface area contributed by atoms with Gasteiger partial charge in [-0.2, -0.15) is 0 Å². The minimum atomic E-state index is -4.76. The molecule has 15 heteroatoms. The maximum atomic E-state index is 12.2. The van der Waals surface area contributed by atoms with Crippen LogP contribution in [0.4, 0.5) is 0 Å². The quantitative estimate of drug-likeness (QED) is 0.0959. The van der Waals surface area contributed by atoms with Crippen molar-refractivity contribution in [1.29, 1.82) is 0 Å². The second kappa shape index (κ2) is 14.1. The molecule has 6 N–H and O–H groups in total. The van der Waals surface area contributed by atoms with E-state index < -0.39 is 44.1 Å². The molecule has 2 rings (SSSR count). The summed E-state index contributed by atoms with van der Waals surface area (Å²) in [6.07, 6.45) is 5.30. The number of aliphatic hydroxyl groups is 1. The van der Waals surface area contributed by atoms with Gasteiger partial charge in [0.2, 0.25) is 12.3 Å². The van der Waals surface area contributed by atoms with Crippen LogP contribution in [-0.4, -0.2) is 68.7 Å². The van der Waals surface area contributed by atoms with E-state index in [1.165, 1.54) is 12.3 Å². The molecule has 0 bridgehead atoms. The van der Waals surface area contributed by atoms with Gasteiger partial charge in [0.1, 0.15) is 12.3 Å². The van der Waals surface area contributed by atoms with E-state index in [0.29, 0.717) is 25.8 Å². The first-order valence-electron chi connectivity index (χ1n) is 11.1. The maximum absolute atomic E-state index is 12.2. The van der Waals surface area contributed by atoms with Crippen LogP contribution in [0.5, 0.6) is 0 Å². The van der Waals surface area contributed by atoms with Crippen molar-refractivity contribution >= 4 is 26.2 Å². The van der Waals surface area contributed by atoms with E-state index in [-0.39, 0.29) is 24.4 Å². The lowest BCUT2D eigenvalue weighted by atomic mass is 10.1. The van der Waals surface area contributed by atoms with Crippen molar-refractivity contribution in [1.82, 2.24) is 20.2 Å². The van der Waals surface area contributed by atoms with Crippen molar-refractivity contribution < 1.29 is 38.3 Å². The molecule has 0 aliphatic carbocycles. The molecule has 2 amide bonds. The Hall–Kier alpha value is -2.61. The third-order valence-electron chi connectivity index (χ3n) is 5.19. The fourth-order valence-electron chi connectivity index (χ4n) is 3.41. The lowest BCUT2D eigenvalue weighted by Crippen LogP contribution is -2.33. The van der Waals surface area contributed by atoms with Crippen molar-refractivity contribution in [2.45, 2.75) is 57.0 Å². The van der Waals surface area contributed by atoms with Crippen molar-refractivity contribution in [2.75, 3.05) is 19.7 Å². The molecule has 35 heavy (non-hydrogen) atoms. The number of aromatic nitrogens is 2. The van der Waals surface area contributed by atoms with Gasteiger partial charge in [-0.3, -0.25) is 28.5 Å². The van der Waals surface area contributed by atoms with Crippen LogP contribution < -0.4 is 21.9 Å². The molecule has 1 aromatic rings. The number of unbranched alkanes of at least 4 members (excludes halogenated alkanes) is 3. The molecule has 0 radical (unpaired) electrons. The van der Waals surface area contributed by atoms with Crippen LogP contribution in [0.15, 0.2) is 21.9 Å². The van der Waals surface area contributed by atoms with Gasteiger partial charge in [-0.05, 0) is 12.8 Å². The van der Waals surface area contributed by atoms with E-state index in [1.807, 2.05) is 0 Å². The number of nitrogens with one attached hydrogen (secondary N) is 3. The number of ether oxygens (including phenoxy) is 1. The molecule has 3 atom stereocenters. The van der Waals surface area contributed by atoms with E-state index in [0.717, 1.165) is 23.8 Å². The average Bonchev–Trinajstić information content (AvgIpc) is 3.15. The lowest BCUT2D eigenvalue weighted by molar-refractivity contribution is -0.121.